The van der Waals surface area contributed by atoms with E-state index in [9.17, 15) is 4.79 Å². The van der Waals surface area contributed by atoms with E-state index >= 15 is 0 Å². The molecule has 1 atom stereocenters. The summed E-state index contributed by atoms with van der Waals surface area (Å²) < 4.78 is 0. The van der Waals surface area contributed by atoms with Crippen LogP contribution in [0.2, 0.25) is 0 Å². The number of carbonyl (C=O) groups is 1. The van der Waals surface area contributed by atoms with Gasteiger partial charge in [-0.25, -0.2) is 0 Å². The minimum absolute atomic E-state index is 0.201. The SMILES string of the molecule is CSCCCCCCN1C(=O)C2(CCCC2)NC1C(C)C. The number of hydrogen-bond donors (Lipinski definition) is 1. The molecule has 2 rings (SSSR count). The molecule has 0 aromatic carbocycles. The third kappa shape index (κ3) is 3.95. The standard InChI is InChI=1S/C17H32N2OS/c1-14(2)15-18-17(10-6-7-11-17)16(20)19(15)12-8-4-5-9-13-21-3/h14-15,18H,4-13H2,1-3H3. The second-order valence-corrected chi connectivity index (χ2v) is 8.01. The summed E-state index contributed by atoms with van der Waals surface area (Å²) >= 11 is 1.93. The van der Waals surface area contributed by atoms with Crippen molar-refractivity contribution in [2.75, 3.05) is 18.6 Å². The molecule has 3 nitrogen and oxygen atoms in total. The van der Waals surface area contributed by atoms with Gasteiger partial charge in [0.05, 0.1) is 11.7 Å². The van der Waals surface area contributed by atoms with Crippen molar-refractivity contribution in [2.24, 2.45) is 5.92 Å². The van der Waals surface area contributed by atoms with Crippen LogP contribution >= 0.6 is 11.8 Å². The van der Waals surface area contributed by atoms with Gasteiger partial charge in [-0.2, -0.15) is 11.8 Å². The Morgan fingerprint density at radius 3 is 2.52 bits per heavy atom. The number of amides is 1. The maximum Gasteiger partial charge on any atom is 0.244 e. The third-order valence-corrected chi connectivity index (χ3v) is 5.71. The molecule has 4 heteroatoms. The summed E-state index contributed by atoms with van der Waals surface area (Å²) in [6.07, 6.45) is 11.9. The normalized spacial score (nSPS) is 24.7. The zero-order valence-electron chi connectivity index (χ0n) is 14.0. The van der Waals surface area contributed by atoms with Gasteiger partial charge in [-0.1, -0.05) is 39.5 Å². The average molecular weight is 313 g/mol. The molecule has 2 fully saturated rings. The number of thioether (sulfide) groups is 1. The first-order valence-electron chi connectivity index (χ1n) is 8.68. The molecule has 21 heavy (non-hydrogen) atoms. The molecule has 1 unspecified atom stereocenters. The molecule has 2 aliphatic rings. The predicted molar refractivity (Wildman–Crippen MR) is 91.5 cm³/mol. The molecule has 1 N–H and O–H groups in total. The zero-order chi connectivity index (χ0) is 15.3. The molecule has 1 spiro atoms. The van der Waals surface area contributed by atoms with Crippen LogP contribution in [-0.4, -0.2) is 41.1 Å². The van der Waals surface area contributed by atoms with Crippen molar-refractivity contribution >= 4 is 17.7 Å². The molecule has 0 aromatic rings. The Labute approximate surface area is 134 Å². The zero-order valence-corrected chi connectivity index (χ0v) is 14.8. The maximum atomic E-state index is 12.9. The molecular formula is C17H32N2OS. The number of carbonyl (C=O) groups excluding carboxylic acids is 1. The highest BCUT2D eigenvalue weighted by Gasteiger charge is 2.52. The quantitative estimate of drug-likeness (QED) is 0.695. The minimum atomic E-state index is -0.201. The lowest BCUT2D eigenvalue weighted by Gasteiger charge is -2.27. The molecule has 1 heterocycles. The Kier molecular flexibility index (Phi) is 6.42. The molecule has 1 saturated carbocycles. The topological polar surface area (TPSA) is 32.3 Å². The highest BCUT2D eigenvalue weighted by Crippen LogP contribution is 2.37. The molecule has 0 bridgehead atoms. The van der Waals surface area contributed by atoms with Gasteiger partial charge in [0.25, 0.3) is 0 Å². The minimum Gasteiger partial charge on any atom is -0.325 e. The average Bonchev–Trinajstić information content (AvgIpc) is 3.03. The van der Waals surface area contributed by atoms with Crippen molar-refractivity contribution in [3.8, 4) is 0 Å². The summed E-state index contributed by atoms with van der Waals surface area (Å²) in [4.78, 5) is 15.0. The van der Waals surface area contributed by atoms with E-state index in [4.69, 9.17) is 0 Å². The van der Waals surface area contributed by atoms with Crippen molar-refractivity contribution in [3.63, 3.8) is 0 Å². The summed E-state index contributed by atoms with van der Waals surface area (Å²) in [6, 6.07) is 0. The van der Waals surface area contributed by atoms with E-state index in [1.807, 2.05) is 11.8 Å². The van der Waals surface area contributed by atoms with Crippen molar-refractivity contribution in [3.05, 3.63) is 0 Å². The number of rotatable bonds is 8. The van der Waals surface area contributed by atoms with E-state index in [1.165, 1.54) is 37.9 Å². The lowest BCUT2D eigenvalue weighted by Crippen LogP contribution is -2.45. The fraction of sp³-hybridized carbons (Fsp3) is 0.941. The molecule has 0 aromatic heterocycles. The summed E-state index contributed by atoms with van der Waals surface area (Å²) in [5.41, 5.74) is -0.201. The van der Waals surface area contributed by atoms with Crippen LogP contribution in [-0.2, 0) is 4.79 Å². The van der Waals surface area contributed by atoms with Crippen LogP contribution in [0.5, 0.6) is 0 Å². The lowest BCUT2D eigenvalue weighted by atomic mass is 9.98. The lowest BCUT2D eigenvalue weighted by molar-refractivity contribution is -0.133. The number of unbranched alkanes of at least 4 members (excludes halogenated alkanes) is 3. The van der Waals surface area contributed by atoms with Crippen molar-refractivity contribution < 1.29 is 4.79 Å². The van der Waals surface area contributed by atoms with Crippen LogP contribution in [0.15, 0.2) is 0 Å². The van der Waals surface area contributed by atoms with Gasteiger partial charge in [-0.3, -0.25) is 10.1 Å². The molecule has 0 radical (unpaired) electrons. The van der Waals surface area contributed by atoms with Crippen molar-refractivity contribution in [1.82, 2.24) is 10.2 Å². The first-order valence-corrected chi connectivity index (χ1v) is 10.1. The number of nitrogens with zero attached hydrogens (tertiary/aromatic N) is 1. The van der Waals surface area contributed by atoms with E-state index in [1.54, 1.807) is 0 Å². The van der Waals surface area contributed by atoms with Crippen molar-refractivity contribution in [2.45, 2.75) is 76.9 Å². The molecule has 1 saturated heterocycles. The Morgan fingerprint density at radius 2 is 1.90 bits per heavy atom. The van der Waals surface area contributed by atoms with Gasteiger partial charge in [0, 0.05) is 6.54 Å². The Bertz CT molecular complexity index is 340. The monoisotopic (exact) mass is 312 g/mol. The molecule has 1 aliphatic carbocycles. The highest BCUT2D eigenvalue weighted by molar-refractivity contribution is 7.98. The van der Waals surface area contributed by atoms with Gasteiger partial charge in [-0.15, -0.1) is 0 Å². The third-order valence-electron chi connectivity index (χ3n) is 5.02. The van der Waals surface area contributed by atoms with Gasteiger partial charge < -0.3 is 4.90 Å². The second-order valence-electron chi connectivity index (χ2n) is 7.03. The Morgan fingerprint density at radius 1 is 1.24 bits per heavy atom. The fourth-order valence-electron chi connectivity index (χ4n) is 3.81. The Hall–Kier alpha value is -0.220. The van der Waals surface area contributed by atoms with E-state index in [0.29, 0.717) is 11.8 Å². The largest absolute Gasteiger partial charge is 0.325 e. The first kappa shape index (κ1) is 17.1. The predicted octanol–water partition coefficient (Wildman–Crippen LogP) is 3.64. The summed E-state index contributed by atoms with van der Waals surface area (Å²) in [7, 11) is 0. The van der Waals surface area contributed by atoms with Crippen LogP contribution in [0.3, 0.4) is 0 Å². The second kappa shape index (κ2) is 7.87. The molecule has 122 valence electrons. The van der Waals surface area contributed by atoms with E-state index < -0.39 is 0 Å². The van der Waals surface area contributed by atoms with Crippen molar-refractivity contribution in [1.29, 1.82) is 0 Å². The van der Waals surface area contributed by atoms with Crippen LogP contribution in [0.1, 0.15) is 65.2 Å². The van der Waals surface area contributed by atoms with Crippen LogP contribution in [0.4, 0.5) is 0 Å². The first-order chi connectivity index (χ1) is 10.1. The van der Waals surface area contributed by atoms with Gasteiger partial charge in [0.1, 0.15) is 0 Å². The fourth-order valence-corrected chi connectivity index (χ4v) is 4.30. The summed E-state index contributed by atoms with van der Waals surface area (Å²) in [6.45, 7) is 5.39. The van der Waals surface area contributed by atoms with Gasteiger partial charge in [0.2, 0.25) is 5.91 Å². The van der Waals surface area contributed by atoms with E-state index in [-0.39, 0.29) is 11.7 Å². The number of nitrogens with one attached hydrogen (secondary N) is 1. The van der Waals surface area contributed by atoms with Gasteiger partial charge in [0.15, 0.2) is 0 Å². The van der Waals surface area contributed by atoms with Crippen LogP contribution in [0, 0.1) is 5.92 Å². The summed E-state index contributed by atoms with van der Waals surface area (Å²) in [5.74, 6) is 2.15. The van der Waals surface area contributed by atoms with Crippen LogP contribution < -0.4 is 5.32 Å². The van der Waals surface area contributed by atoms with Gasteiger partial charge in [-0.05, 0) is 43.6 Å². The molecule has 1 amide bonds. The maximum absolute atomic E-state index is 12.9. The van der Waals surface area contributed by atoms with E-state index in [0.717, 1.165) is 25.8 Å². The summed E-state index contributed by atoms with van der Waals surface area (Å²) in [5, 5.41) is 3.70. The highest BCUT2D eigenvalue weighted by atomic mass is 32.2. The smallest absolute Gasteiger partial charge is 0.244 e. The molecular weight excluding hydrogens is 280 g/mol. The number of hydrogen-bond acceptors (Lipinski definition) is 3. The van der Waals surface area contributed by atoms with E-state index in [2.05, 4.69) is 30.3 Å². The van der Waals surface area contributed by atoms with Gasteiger partial charge >= 0.3 is 0 Å². The Balaban J connectivity index is 1.85. The van der Waals surface area contributed by atoms with Crippen LogP contribution in [0.25, 0.3) is 0 Å². The molecule has 1 aliphatic heterocycles.